The first-order valence-electron chi connectivity index (χ1n) is 0.987. The zero-order chi connectivity index (χ0) is 4.12. The van der Waals surface area contributed by atoms with Crippen LogP contribution in [0.1, 0.15) is 0 Å². The van der Waals surface area contributed by atoms with Gasteiger partial charge in [0.05, 0.1) is 6.11 Å². The molecular formula is C2H2BO2. The number of hydrogen-bond acceptors (Lipinski definition) is 2. The minimum Gasteiger partial charge on any atom is -0.488 e. The maximum atomic E-state index is 7.58. The molecule has 0 aliphatic heterocycles. The molecule has 5 heavy (non-hydrogen) atoms. The van der Waals surface area contributed by atoms with Gasteiger partial charge in [0, 0.05) is 0 Å². The van der Waals surface area contributed by atoms with Crippen molar-refractivity contribution in [3.8, 4) is 12.5 Å². The lowest BCUT2D eigenvalue weighted by molar-refractivity contribution is 0.430. The van der Waals surface area contributed by atoms with Crippen LogP contribution in [0.3, 0.4) is 0 Å². The Morgan fingerprint density at radius 1 is 2.00 bits per heavy atom. The molecule has 0 atom stereocenters. The van der Waals surface area contributed by atoms with E-state index in [0.29, 0.717) is 7.69 Å². The SMILES string of the molecule is C#CO[B]O. The van der Waals surface area contributed by atoms with Crippen molar-refractivity contribution in [1.29, 1.82) is 0 Å². The summed E-state index contributed by atoms with van der Waals surface area (Å²) >= 11 is 0. The van der Waals surface area contributed by atoms with Crippen molar-refractivity contribution in [1.82, 2.24) is 0 Å². The van der Waals surface area contributed by atoms with E-state index in [9.17, 15) is 0 Å². The molecule has 1 N–H and O–H groups in total. The standard InChI is InChI=1S/C2H2BO2/c1-2-5-3-4/h1,4H. The number of rotatable bonds is 1. The van der Waals surface area contributed by atoms with Crippen LogP contribution in [0.2, 0.25) is 0 Å². The lowest BCUT2D eigenvalue weighted by atomic mass is 10.4. The van der Waals surface area contributed by atoms with Crippen LogP contribution in [-0.2, 0) is 4.65 Å². The Morgan fingerprint density at radius 2 is 2.60 bits per heavy atom. The molecule has 0 fully saturated rings. The third-order valence-electron chi connectivity index (χ3n) is 0.121. The molecule has 0 unspecified atom stereocenters. The summed E-state index contributed by atoms with van der Waals surface area (Å²) in [6.07, 6.45) is 6.19. The van der Waals surface area contributed by atoms with Crippen LogP contribution in [0, 0.1) is 12.5 Å². The fraction of sp³-hybridized carbons (Fsp3) is 0. The molecule has 0 aromatic rings. The molecule has 0 bridgehead atoms. The van der Waals surface area contributed by atoms with Gasteiger partial charge in [0.15, 0.2) is 0 Å². The lowest BCUT2D eigenvalue weighted by Gasteiger charge is -1.74. The van der Waals surface area contributed by atoms with E-state index in [2.05, 4.69) is 11.1 Å². The quantitative estimate of drug-likeness (QED) is 0.320. The predicted molar refractivity (Wildman–Crippen MR) is 17.9 cm³/mol. The minimum atomic E-state index is 0.444. The Kier molecular flexibility index (Phi) is 2.97. The second kappa shape index (κ2) is 3.38. The monoisotopic (exact) mass is 69.0 g/mol. The molecule has 0 aromatic carbocycles. The molecule has 1 radical (unpaired) electrons. The first-order valence-corrected chi connectivity index (χ1v) is 0.987. The van der Waals surface area contributed by atoms with E-state index in [1.54, 1.807) is 6.11 Å². The minimum absolute atomic E-state index is 0.444. The van der Waals surface area contributed by atoms with E-state index >= 15 is 0 Å². The van der Waals surface area contributed by atoms with Gasteiger partial charge < -0.3 is 9.68 Å². The van der Waals surface area contributed by atoms with Gasteiger partial charge in [-0.25, -0.2) is 0 Å². The maximum Gasteiger partial charge on any atom is 0.578 e. The Balaban J connectivity index is 2.48. The molecule has 0 heterocycles. The van der Waals surface area contributed by atoms with Crippen LogP contribution >= 0.6 is 0 Å². The first-order chi connectivity index (χ1) is 2.41. The zero-order valence-electron chi connectivity index (χ0n) is 2.51. The van der Waals surface area contributed by atoms with Crippen molar-refractivity contribution < 1.29 is 9.68 Å². The summed E-state index contributed by atoms with van der Waals surface area (Å²) < 4.78 is 3.79. The van der Waals surface area contributed by atoms with Gasteiger partial charge in [-0.2, -0.15) is 0 Å². The van der Waals surface area contributed by atoms with E-state index in [4.69, 9.17) is 5.02 Å². The maximum absolute atomic E-state index is 7.58. The van der Waals surface area contributed by atoms with Gasteiger partial charge in [0.1, 0.15) is 0 Å². The van der Waals surface area contributed by atoms with Gasteiger partial charge in [0.25, 0.3) is 0 Å². The molecule has 0 rings (SSSR count). The van der Waals surface area contributed by atoms with Crippen LogP contribution in [0.4, 0.5) is 0 Å². The summed E-state index contributed by atoms with van der Waals surface area (Å²) in [7, 11) is 0.444. The highest BCUT2D eigenvalue weighted by Crippen LogP contribution is 1.49. The largest absolute Gasteiger partial charge is 0.578 e. The van der Waals surface area contributed by atoms with E-state index in [1.807, 2.05) is 0 Å². The molecule has 0 aliphatic carbocycles. The number of terminal acetylenes is 1. The van der Waals surface area contributed by atoms with E-state index in [-0.39, 0.29) is 0 Å². The summed E-state index contributed by atoms with van der Waals surface area (Å²) in [5, 5.41) is 7.58. The second-order valence-electron chi connectivity index (χ2n) is 0.341. The third kappa shape index (κ3) is 3.38. The molecule has 0 aliphatic rings. The third-order valence-corrected chi connectivity index (χ3v) is 0.121. The van der Waals surface area contributed by atoms with Crippen LogP contribution in [-0.4, -0.2) is 12.7 Å². The highest BCUT2D eigenvalue weighted by atomic mass is 16.5. The number of hydrogen-bond donors (Lipinski definition) is 1. The van der Waals surface area contributed by atoms with Gasteiger partial charge >= 0.3 is 7.69 Å². The first kappa shape index (κ1) is 4.38. The Morgan fingerprint density at radius 3 is 2.60 bits per heavy atom. The normalized spacial score (nSPS) is 4.80. The molecule has 0 spiro atoms. The molecule has 3 heteroatoms. The summed E-state index contributed by atoms with van der Waals surface area (Å²) in [5.41, 5.74) is 0. The molecule has 25 valence electrons. The van der Waals surface area contributed by atoms with Crippen molar-refractivity contribution in [3.05, 3.63) is 0 Å². The highest BCUT2D eigenvalue weighted by Gasteiger charge is 1.71. The molecule has 0 saturated carbocycles. The molecule has 0 saturated heterocycles. The topological polar surface area (TPSA) is 29.5 Å². The van der Waals surface area contributed by atoms with Gasteiger partial charge in [-0.1, -0.05) is 6.42 Å². The molecule has 0 aromatic heterocycles. The summed E-state index contributed by atoms with van der Waals surface area (Å²) in [6.45, 7) is 0. The smallest absolute Gasteiger partial charge is 0.488 e. The van der Waals surface area contributed by atoms with Gasteiger partial charge in [-0.3, -0.25) is 0 Å². The van der Waals surface area contributed by atoms with Crippen molar-refractivity contribution in [2.75, 3.05) is 0 Å². The molecule has 2 nitrogen and oxygen atoms in total. The van der Waals surface area contributed by atoms with Crippen LogP contribution in [0.5, 0.6) is 0 Å². The summed E-state index contributed by atoms with van der Waals surface area (Å²) in [4.78, 5) is 0. The summed E-state index contributed by atoms with van der Waals surface area (Å²) in [5.74, 6) is 0. The summed E-state index contributed by atoms with van der Waals surface area (Å²) in [6, 6.07) is 0. The molecule has 0 amide bonds. The van der Waals surface area contributed by atoms with Gasteiger partial charge in [-0.15, -0.1) is 0 Å². The van der Waals surface area contributed by atoms with E-state index in [0.717, 1.165) is 0 Å². The highest BCUT2D eigenvalue weighted by molar-refractivity contribution is 6.16. The fourth-order valence-corrected chi connectivity index (χ4v) is 0.0304. The van der Waals surface area contributed by atoms with Gasteiger partial charge in [0.2, 0.25) is 0 Å². The Hall–Kier alpha value is -0.615. The van der Waals surface area contributed by atoms with Crippen LogP contribution < -0.4 is 0 Å². The predicted octanol–water partition coefficient (Wildman–Crippen LogP) is -0.880. The van der Waals surface area contributed by atoms with Crippen molar-refractivity contribution in [2.45, 2.75) is 0 Å². The average Bonchev–Trinajstić information content (AvgIpc) is 1.41. The lowest BCUT2D eigenvalue weighted by Crippen LogP contribution is -1.86. The van der Waals surface area contributed by atoms with E-state index < -0.39 is 0 Å². The zero-order valence-corrected chi connectivity index (χ0v) is 2.51. The van der Waals surface area contributed by atoms with Crippen LogP contribution in [0.15, 0.2) is 0 Å². The fourth-order valence-electron chi connectivity index (χ4n) is 0.0304. The van der Waals surface area contributed by atoms with E-state index in [1.165, 1.54) is 0 Å². The van der Waals surface area contributed by atoms with Crippen molar-refractivity contribution >= 4 is 7.69 Å². The Bertz CT molecular complexity index is 46.1. The Labute approximate surface area is 31.1 Å². The second-order valence-corrected chi connectivity index (χ2v) is 0.341. The van der Waals surface area contributed by atoms with Crippen LogP contribution in [0.25, 0.3) is 0 Å². The average molecular weight is 68.8 g/mol. The van der Waals surface area contributed by atoms with Crippen molar-refractivity contribution in [3.63, 3.8) is 0 Å². The molecular weight excluding hydrogens is 66.8 g/mol. The van der Waals surface area contributed by atoms with Crippen molar-refractivity contribution in [2.24, 2.45) is 0 Å². The van der Waals surface area contributed by atoms with Gasteiger partial charge in [-0.05, 0) is 0 Å².